The molecule has 0 spiro atoms. The van der Waals surface area contributed by atoms with E-state index in [-0.39, 0.29) is 0 Å². The molecule has 4 heteroatoms. The van der Waals surface area contributed by atoms with Crippen molar-refractivity contribution in [3.8, 4) is 123 Å². The Balaban J connectivity index is 0.000000149. The number of anilines is 6. The Labute approximate surface area is 792 Å². The average Bonchev–Trinajstić information content (AvgIpc) is 1.59. The molecule has 0 aliphatic carbocycles. The Bertz CT molecular complexity index is 8640. The van der Waals surface area contributed by atoms with Gasteiger partial charge in [0.2, 0.25) is 0 Å². The molecule has 2 aromatic heterocycles. The molecule has 23 aromatic carbocycles. The minimum Gasteiger partial charge on any atom is -0.311 e. The van der Waals surface area contributed by atoms with Crippen molar-refractivity contribution in [1.29, 1.82) is 0 Å². The third-order valence-corrected chi connectivity index (χ3v) is 27.1. The van der Waals surface area contributed by atoms with Crippen molar-refractivity contribution in [1.82, 2.24) is 9.13 Å². The Hall–Kier alpha value is -18.0. The van der Waals surface area contributed by atoms with Crippen molar-refractivity contribution in [2.24, 2.45) is 0 Å². The summed E-state index contributed by atoms with van der Waals surface area (Å²) in [5.74, 6) is 0. The zero-order valence-electron chi connectivity index (χ0n) is 74.8. The fourth-order valence-corrected chi connectivity index (χ4v) is 20.1. The molecule has 0 aliphatic rings. The smallest absolute Gasteiger partial charge is 0.0541 e. The highest BCUT2D eigenvalue weighted by Gasteiger charge is 2.22. The number of benzene rings is 23. The molecule has 0 bridgehead atoms. The maximum Gasteiger partial charge on any atom is 0.0541 e. The van der Waals surface area contributed by atoms with Crippen LogP contribution in [0.5, 0.6) is 0 Å². The van der Waals surface area contributed by atoms with Gasteiger partial charge in [-0.1, -0.05) is 406 Å². The van der Waals surface area contributed by atoms with E-state index >= 15 is 0 Å². The number of rotatable bonds is 18. The minimum atomic E-state index is 1.09. The number of para-hydroxylation sites is 2. The van der Waals surface area contributed by atoms with Gasteiger partial charge in [0.15, 0.2) is 0 Å². The zero-order chi connectivity index (χ0) is 90.2. The lowest BCUT2D eigenvalue weighted by Gasteiger charge is -2.26. The third-order valence-electron chi connectivity index (χ3n) is 27.1. The lowest BCUT2D eigenvalue weighted by molar-refractivity contribution is 1.18. The van der Waals surface area contributed by atoms with E-state index in [0.717, 1.165) is 45.5 Å². The highest BCUT2D eigenvalue weighted by atomic mass is 15.1. The van der Waals surface area contributed by atoms with Gasteiger partial charge in [-0.3, -0.25) is 0 Å². The molecule has 0 aliphatic heterocycles. The van der Waals surface area contributed by atoms with E-state index in [9.17, 15) is 0 Å². The lowest BCUT2D eigenvalue weighted by atomic mass is 9.96. The predicted octanol–water partition coefficient (Wildman–Crippen LogP) is 36.6. The molecular weight excluding hydrogens is 1640 g/mol. The van der Waals surface area contributed by atoms with Crippen LogP contribution < -0.4 is 9.80 Å². The Morgan fingerprint density at radius 3 is 0.684 bits per heavy atom. The van der Waals surface area contributed by atoms with E-state index in [1.165, 1.54) is 187 Å². The van der Waals surface area contributed by atoms with Crippen LogP contribution in [0.4, 0.5) is 34.1 Å². The number of hydrogen-bond donors (Lipinski definition) is 0. The molecule has 0 saturated carbocycles. The van der Waals surface area contributed by atoms with E-state index in [1.54, 1.807) is 0 Å². The molecule has 0 fully saturated rings. The van der Waals surface area contributed by atoms with Crippen molar-refractivity contribution >= 4 is 110 Å². The molecule has 0 saturated heterocycles. The first-order valence-corrected chi connectivity index (χ1v) is 46.7. The average molecular weight is 1730 g/mol. The van der Waals surface area contributed by atoms with E-state index < -0.39 is 0 Å². The molecule has 0 N–H and O–H groups in total. The van der Waals surface area contributed by atoms with Crippen molar-refractivity contribution in [2.45, 2.75) is 0 Å². The van der Waals surface area contributed by atoms with Crippen molar-refractivity contribution < 1.29 is 0 Å². The first-order chi connectivity index (χ1) is 67.4. The lowest BCUT2D eigenvalue weighted by Crippen LogP contribution is -2.09. The van der Waals surface area contributed by atoms with Crippen molar-refractivity contribution in [2.75, 3.05) is 9.80 Å². The van der Waals surface area contributed by atoms with Crippen LogP contribution in [0.1, 0.15) is 0 Å². The monoisotopic (exact) mass is 1730 g/mol. The first-order valence-electron chi connectivity index (χ1n) is 46.7. The molecule has 0 amide bonds. The van der Waals surface area contributed by atoms with Crippen LogP contribution >= 0.6 is 0 Å². The fourth-order valence-electron chi connectivity index (χ4n) is 20.1. The summed E-state index contributed by atoms with van der Waals surface area (Å²) in [7, 11) is 0. The van der Waals surface area contributed by atoms with E-state index in [1.807, 2.05) is 0 Å². The maximum absolute atomic E-state index is 2.39. The third kappa shape index (κ3) is 15.8. The molecular formula is C132H90N4. The normalized spacial score (nSPS) is 11.4. The molecule has 25 aromatic rings. The Morgan fingerprint density at radius 1 is 0.118 bits per heavy atom. The Morgan fingerprint density at radius 2 is 0.338 bits per heavy atom. The molecule has 4 nitrogen and oxygen atoms in total. The van der Waals surface area contributed by atoms with E-state index in [0.29, 0.717) is 0 Å². The van der Waals surface area contributed by atoms with Gasteiger partial charge in [-0.25, -0.2) is 0 Å². The van der Waals surface area contributed by atoms with Gasteiger partial charge in [0.05, 0.1) is 22.1 Å². The second kappa shape index (κ2) is 35.7. The summed E-state index contributed by atoms with van der Waals surface area (Å²) in [6.07, 6.45) is 0. The molecule has 638 valence electrons. The topological polar surface area (TPSA) is 16.3 Å². The molecule has 0 atom stereocenters. The van der Waals surface area contributed by atoms with Crippen LogP contribution in [0.2, 0.25) is 0 Å². The number of hydrogen-bond acceptors (Lipinski definition) is 2. The summed E-state index contributed by atoms with van der Waals surface area (Å²) in [5, 5.41) is 12.5. The number of nitrogens with zero attached hydrogens (tertiary/aromatic N) is 4. The van der Waals surface area contributed by atoms with Crippen LogP contribution in [-0.2, 0) is 0 Å². The fraction of sp³-hybridized carbons (Fsp3) is 0. The van der Waals surface area contributed by atoms with Crippen LogP contribution in [0, 0.1) is 0 Å². The van der Waals surface area contributed by atoms with Gasteiger partial charge in [-0.05, 0) is 283 Å². The summed E-state index contributed by atoms with van der Waals surface area (Å²) in [6.45, 7) is 0. The van der Waals surface area contributed by atoms with Gasteiger partial charge < -0.3 is 18.9 Å². The summed E-state index contributed by atoms with van der Waals surface area (Å²) < 4.78 is 4.78. The van der Waals surface area contributed by atoms with Crippen molar-refractivity contribution in [3.05, 3.63) is 546 Å². The Kier molecular flexibility index (Phi) is 21.4. The van der Waals surface area contributed by atoms with E-state index in [4.69, 9.17) is 0 Å². The van der Waals surface area contributed by atoms with Gasteiger partial charge in [0.25, 0.3) is 0 Å². The van der Waals surface area contributed by atoms with Gasteiger partial charge in [0.1, 0.15) is 0 Å². The van der Waals surface area contributed by atoms with Crippen LogP contribution in [0.15, 0.2) is 546 Å². The number of fused-ring (bicyclic) bond motifs is 9. The highest BCUT2D eigenvalue weighted by Crippen LogP contribution is 2.45. The van der Waals surface area contributed by atoms with E-state index in [2.05, 4.69) is 565 Å². The zero-order valence-corrected chi connectivity index (χ0v) is 74.8. The molecule has 2 heterocycles. The van der Waals surface area contributed by atoms with Crippen molar-refractivity contribution in [3.63, 3.8) is 0 Å². The summed E-state index contributed by atoms with van der Waals surface area (Å²) in [6, 6.07) is 198. The minimum absolute atomic E-state index is 1.09. The van der Waals surface area contributed by atoms with Gasteiger partial charge >= 0.3 is 0 Å². The van der Waals surface area contributed by atoms with Gasteiger partial charge in [0, 0.05) is 67.0 Å². The second-order valence-electron chi connectivity index (χ2n) is 35.1. The van der Waals surface area contributed by atoms with Crippen LogP contribution in [0.3, 0.4) is 0 Å². The number of aromatic nitrogens is 2. The summed E-state index contributed by atoms with van der Waals surface area (Å²) in [5.41, 5.74) is 37.7. The van der Waals surface area contributed by atoms with Crippen LogP contribution in [0.25, 0.3) is 199 Å². The summed E-state index contributed by atoms with van der Waals surface area (Å²) in [4.78, 5) is 4.72. The largest absolute Gasteiger partial charge is 0.311 e. The predicted molar refractivity (Wildman–Crippen MR) is 578 cm³/mol. The summed E-state index contributed by atoms with van der Waals surface area (Å²) >= 11 is 0. The highest BCUT2D eigenvalue weighted by molar-refractivity contribution is 6.12. The quantitative estimate of drug-likeness (QED) is 0.0851. The molecule has 0 radical (unpaired) electrons. The maximum atomic E-state index is 2.39. The second-order valence-corrected chi connectivity index (χ2v) is 35.1. The SMILES string of the molecule is c1ccc(-c2ccc(-n3c4ccccc4c4cc(-c5ccc(N(c6ccc(-c7ccc(-c8cccc9ccccc89)cc7)cc6)c6ccc(-c7cccc8ccccc78)cc6)cc5)ccc43)cc2)cc1.c1ccc(-c2ccc(N(c3ccc(-c4ccc(-c5ccc6ccccc6c5)cc4)cc3)c3ccc(-c4ccc5c(c4)c4ccccc4n5-c4ccc(-c5ccccc5)cc4)cc3)cc2)cc1. The standard InChI is InChI=1S/C68H46N2.C64H44N2/c1-2-12-47(13-3-1)49-30-41-60(42-31-49)70-67-23-9-8-20-65(67)66-46-56(36-45-68(66)70)51-32-39-58(40-33-51)69(59-43-34-55(35-44-59)64-22-11-17-53-15-5-7-19-62(53)64)57-37-28-50(29-38-57)48-24-26-54(27-25-48)63-21-10-16-52-14-4-6-18-61(52)63;1-3-11-45(12-4-1)49-25-34-57(35-26-49)65(58-36-27-51(28-37-58)48-19-21-52(22-20-48)55-24-23-47-15-7-8-16-54(47)43-55)59-38-31-53(32-39-59)56-33-42-64-62(44-56)61-17-9-10-18-63(61)66(64)60-40-29-50(30-41-60)46-13-5-2-6-14-46/h1-46H;1-44H. The van der Waals surface area contributed by atoms with Crippen LogP contribution in [-0.4, -0.2) is 9.13 Å². The van der Waals surface area contributed by atoms with Gasteiger partial charge in [-0.2, -0.15) is 0 Å². The molecule has 25 rings (SSSR count). The molecule has 0 unspecified atom stereocenters. The first kappa shape index (κ1) is 81.3. The molecule has 136 heavy (non-hydrogen) atoms. The van der Waals surface area contributed by atoms with Gasteiger partial charge in [-0.15, -0.1) is 0 Å².